The van der Waals surface area contributed by atoms with Crippen LogP contribution in [0, 0.1) is 5.41 Å². The van der Waals surface area contributed by atoms with Crippen molar-refractivity contribution in [3.05, 3.63) is 0 Å². The summed E-state index contributed by atoms with van der Waals surface area (Å²) in [5.41, 5.74) is -0.397. The van der Waals surface area contributed by atoms with Crippen LogP contribution in [-0.4, -0.2) is 25.8 Å². The average molecular weight is 258 g/mol. The lowest BCUT2D eigenvalue weighted by molar-refractivity contribution is -0.159. The van der Waals surface area contributed by atoms with Crippen molar-refractivity contribution in [3.63, 3.8) is 0 Å². The molecule has 3 heteroatoms. The quantitative estimate of drug-likeness (QED) is 0.464. The molecule has 3 nitrogen and oxygen atoms in total. The van der Waals surface area contributed by atoms with E-state index in [2.05, 4.69) is 6.92 Å². The van der Waals surface area contributed by atoms with Crippen molar-refractivity contribution in [3.8, 4) is 0 Å². The zero-order chi connectivity index (χ0) is 14.0. The van der Waals surface area contributed by atoms with Gasteiger partial charge in [0.25, 0.3) is 0 Å². The predicted octanol–water partition coefficient (Wildman–Crippen LogP) is 3.95. The molecular weight excluding hydrogens is 228 g/mol. The molecule has 108 valence electrons. The van der Waals surface area contributed by atoms with E-state index in [0.717, 1.165) is 32.3 Å². The largest absolute Gasteiger partial charge is 0.462 e. The Bertz CT molecular complexity index is 218. The first kappa shape index (κ1) is 17.4. The Hall–Kier alpha value is -0.570. The Morgan fingerprint density at radius 1 is 1.11 bits per heavy atom. The molecule has 0 aromatic heterocycles. The van der Waals surface area contributed by atoms with Crippen LogP contribution in [0.5, 0.6) is 0 Å². The molecule has 0 aliphatic heterocycles. The number of carbonyl (C=O) groups is 1. The zero-order valence-corrected chi connectivity index (χ0v) is 12.8. The van der Waals surface area contributed by atoms with Gasteiger partial charge >= 0.3 is 5.97 Å². The maximum absolute atomic E-state index is 11.8. The van der Waals surface area contributed by atoms with E-state index >= 15 is 0 Å². The van der Waals surface area contributed by atoms with Crippen molar-refractivity contribution < 1.29 is 14.3 Å². The highest BCUT2D eigenvalue weighted by molar-refractivity contribution is 5.75. The second kappa shape index (κ2) is 9.37. The first-order chi connectivity index (χ1) is 8.41. The smallest absolute Gasteiger partial charge is 0.311 e. The summed E-state index contributed by atoms with van der Waals surface area (Å²) in [5, 5.41) is 0. The van der Waals surface area contributed by atoms with Crippen LogP contribution < -0.4 is 0 Å². The van der Waals surface area contributed by atoms with E-state index in [9.17, 15) is 4.79 Å². The van der Waals surface area contributed by atoms with Crippen LogP contribution in [0.1, 0.15) is 66.2 Å². The Kier molecular flexibility index (Phi) is 9.08. The third-order valence-corrected chi connectivity index (χ3v) is 2.97. The molecule has 0 spiro atoms. The Labute approximate surface area is 112 Å². The van der Waals surface area contributed by atoms with Gasteiger partial charge in [-0.25, -0.2) is 0 Å². The van der Waals surface area contributed by atoms with Gasteiger partial charge < -0.3 is 9.47 Å². The van der Waals surface area contributed by atoms with Gasteiger partial charge in [-0.15, -0.1) is 0 Å². The summed E-state index contributed by atoms with van der Waals surface area (Å²) in [6.07, 6.45) is 6.59. The number of methoxy groups -OCH3 is 1. The summed E-state index contributed by atoms with van der Waals surface area (Å²) in [6.45, 7) is 8.61. The summed E-state index contributed by atoms with van der Waals surface area (Å²) >= 11 is 0. The number of unbranched alkanes of at least 4 members (excludes halogenated alkanes) is 3. The Balaban J connectivity index is 3.74. The van der Waals surface area contributed by atoms with Gasteiger partial charge in [-0.3, -0.25) is 4.79 Å². The minimum absolute atomic E-state index is 0.0825. The molecule has 0 aromatic rings. The number of carbonyl (C=O) groups excluding carboxylic acids is 1. The highest BCUT2D eigenvalue weighted by Gasteiger charge is 2.25. The summed E-state index contributed by atoms with van der Waals surface area (Å²) in [6, 6.07) is 0. The van der Waals surface area contributed by atoms with Crippen molar-refractivity contribution in [2.75, 3.05) is 13.7 Å². The summed E-state index contributed by atoms with van der Waals surface area (Å²) < 4.78 is 10.5. The first-order valence-corrected chi connectivity index (χ1v) is 7.11. The lowest BCUT2D eigenvalue weighted by atomic mass is 9.97. The molecule has 1 unspecified atom stereocenters. The maximum Gasteiger partial charge on any atom is 0.311 e. The first-order valence-electron chi connectivity index (χ1n) is 7.11. The number of esters is 1. The molecule has 18 heavy (non-hydrogen) atoms. The molecule has 0 aromatic carbocycles. The molecule has 0 heterocycles. The fraction of sp³-hybridized carbons (Fsp3) is 0.933. The number of hydrogen-bond donors (Lipinski definition) is 0. The predicted molar refractivity (Wildman–Crippen MR) is 74.6 cm³/mol. The van der Waals surface area contributed by atoms with E-state index in [4.69, 9.17) is 9.47 Å². The highest BCUT2D eigenvalue weighted by atomic mass is 16.5. The van der Waals surface area contributed by atoms with E-state index in [1.54, 1.807) is 7.11 Å². The molecule has 0 aliphatic rings. The van der Waals surface area contributed by atoms with Crippen LogP contribution in [0.2, 0.25) is 0 Å². The van der Waals surface area contributed by atoms with Crippen LogP contribution >= 0.6 is 0 Å². The SMILES string of the molecule is CCC(CCCCCCOC)OC(=O)C(C)(C)C. The Morgan fingerprint density at radius 2 is 1.72 bits per heavy atom. The molecule has 0 rings (SSSR count). The molecule has 0 saturated heterocycles. The number of ether oxygens (including phenoxy) is 2. The van der Waals surface area contributed by atoms with Crippen molar-refractivity contribution in [2.45, 2.75) is 72.3 Å². The van der Waals surface area contributed by atoms with Gasteiger partial charge in [-0.05, 0) is 46.5 Å². The van der Waals surface area contributed by atoms with Crippen molar-refractivity contribution in [2.24, 2.45) is 5.41 Å². The van der Waals surface area contributed by atoms with E-state index in [1.807, 2.05) is 20.8 Å². The molecule has 0 saturated carbocycles. The van der Waals surface area contributed by atoms with Crippen molar-refractivity contribution in [1.82, 2.24) is 0 Å². The Morgan fingerprint density at radius 3 is 2.22 bits per heavy atom. The molecule has 0 radical (unpaired) electrons. The highest BCUT2D eigenvalue weighted by Crippen LogP contribution is 2.19. The van der Waals surface area contributed by atoms with E-state index in [-0.39, 0.29) is 12.1 Å². The second-order valence-corrected chi connectivity index (χ2v) is 5.88. The van der Waals surface area contributed by atoms with Crippen molar-refractivity contribution in [1.29, 1.82) is 0 Å². The van der Waals surface area contributed by atoms with Crippen LogP contribution in [0.25, 0.3) is 0 Å². The van der Waals surface area contributed by atoms with Crippen molar-refractivity contribution >= 4 is 5.97 Å². The molecule has 0 fully saturated rings. The summed E-state index contributed by atoms with van der Waals surface area (Å²) in [4.78, 5) is 11.8. The van der Waals surface area contributed by atoms with Gasteiger partial charge in [0.15, 0.2) is 0 Å². The third kappa shape index (κ3) is 8.51. The van der Waals surface area contributed by atoms with Gasteiger partial charge in [0, 0.05) is 13.7 Å². The van der Waals surface area contributed by atoms with Gasteiger partial charge in [0.05, 0.1) is 5.41 Å². The summed E-state index contributed by atoms with van der Waals surface area (Å²) in [5.74, 6) is -0.0891. The minimum Gasteiger partial charge on any atom is -0.462 e. The van der Waals surface area contributed by atoms with Crippen LogP contribution in [-0.2, 0) is 14.3 Å². The molecule has 0 bridgehead atoms. The minimum atomic E-state index is -0.397. The number of rotatable bonds is 9. The summed E-state index contributed by atoms with van der Waals surface area (Å²) in [7, 11) is 1.74. The average Bonchev–Trinajstić information content (AvgIpc) is 2.30. The van der Waals surface area contributed by atoms with Gasteiger partial charge in [-0.2, -0.15) is 0 Å². The third-order valence-electron chi connectivity index (χ3n) is 2.97. The molecule has 0 N–H and O–H groups in total. The lowest BCUT2D eigenvalue weighted by Gasteiger charge is -2.22. The van der Waals surface area contributed by atoms with Crippen LogP contribution in [0.15, 0.2) is 0 Å². The van der Waals surface area contributed by atoms with E-state index in [1.165, 1.54) is 12.8 Å². The maximum atomic E-state index is 11.8. The van der Waals surface area contributed by atoms with E-state index in [0.29, 0.717) is 0 Å². The molecule has 0 amide bonds. The van der Waals surface area contributed by atoms with Crippen LogP contribution in [0.4, 0.5) is 0 Å². The topological polar surface area (TPSA) is 35.5 Å². The van der Waals surface area contributed by atoms with E-state index < -0.39 is 5.41 Å². The molecule has 1 atom stereocenters. The fourth-order valence-electron chi connectivity index (χ4n) is 1.65. The van der Waals surface area contributed by atoms with Gasteiger partial charge in [0.2, 0.25) is 0 Å². The normalized spacial score (nSPS) is 13.4. The van der Waals surface area contributed by atoms with Crippen LogP contribution in [0.3, 0.4) is 0 Å². The zero-order valence-electron chi connectivity index (χ0n) is 12.8. The molecule has 0 aliphatic carbocycles. The standard InChI is InChI=1S/C15H30O3/c1-6-13(18-14(16)15(2,3)4)11-9-7-8-10-12-17-5/h13H,6-12H2,1-5H3. The van der Waals surface area contributed by atoms with Gasteiger partial charge in [0.1, 0.15) is 6.10 Å². The second-order valence-electron chi connectivity index (χ2n) is 5.88. The van der Waals surface area contributed by atoms with Gasteiger partial charge in [-0.1, -0.05) is 19.8 Å². The fourth-order valence-corrected chi connectivity index (χ4v) is 1.65. The molecular formula is C15H30O3. The monoisotopic (exact) mass is 258 g/mol. The number of hydrogen-bond acceptors (Lipinski definition) is 3. The lowest BCUT2D eigenvalue weighted by Crippen LogP contribution is -2.28.